The van der Waals surface area contributed by atoms with Gasteiger partial charge in [-0.15, -0.1) is 22.7 Å². The molecule has 0 unspecified atom stereocenters. The quantitative estimate of drug-likeness (QED) is 0.0534. The van der Waals surface area contributed by atoms with Crippen molar-refractivity contribution in [1.29, 1.82) is 0 Å². The van der Waals surface area contributed by atoms with Crippen LogP contribution in [0.4, 0.5) is 41.9 Å². The average molecular weight is 885 g/mol. The number of hydrogen-bond donors (Lipinski definition) is 4. The smallest absolute Gasteiger partial charge is 0.411 e. The Labute approximate surface area is 363 Å². The number of anilines is 3. The number of thiophene rings is 2. The Hall–Kier alpha value is -5.92. The molecule has 2 aromatic heterocycles. The summed E-state index contributed by atoms with van der Waals surface area (Å²) in [4.78, 5) is 64.0. The van der Waals surface area contributed by atoms with E-state index in [1.165, 1.54) is 22.3 Å². The molecule has 2 aliphatic heterocycles. The standard InChI is InChI=1S/C20H23N3O6S.C20H25N3O4S.CH4O.CH4/c1-20(2,3)29-19(25)22-10-13(11-22)12-28-18(24)21-15-9-14(17-5-4-8-30-17)6-7-16(15)23(26)27;1-20(2,3)27-19(25)23-10-13(11-23)12-26-18(24)22-16-9-14(6-7-15(16)21)17-5-4-8-28-17;1-2;/h4-9,13H,10-12H2,1-3H3,(H,21,24);4-9,13H,10-12,21H2,1-3H3,(H,22,24);2H,1H3;1H4. The minimum Gasteiger partial charge on any atom is -0.449 e. The van der Waals surface area contributed by atoms with Gasteiger partial charge in [-0.25, -0.2) is 19.2 Å². The average Bonchev–Trinajstić information content (AvgIpc) is 3.87. The van der Waals surface area contributed by atoms with Crippen LogP contribution in [0.15, 0.2) is 71.4 Å². The van der Waals surface area contributed by atoms with E-state index in [1.807, 2.05) is 67.9 Å². The van der Waals surface area contributed by atoms with E-state index in [1.54, 1.807) is 55.2 Å². The lowest BCUT2D eigenvalue weighted by molar-refractivity contribution is -0.383. The summed E-state index contributed by atoms with van der Waals surface area (Å²) in [6.45, 7) is 13.1. The predicted molar refractivity (Wildman–Crippen MR) is 238 cm³/mol. The molecule has 17 nitrogen and oxygen atoms in total. The number of carbonyl (C=O) groups excluding carboxylic acids is 4. The Morgan fingerprint density at radius 2 is 1.15 bits per heavy atom. The Kier molecular flexibility index (Phi) is 17.9. The van der Waals surface area contributed by atoms with E-state index >= 15 is 0 Å². The number of nitrogens with one attached hydrogen (secondary N) is 2. The molecular formula is C42H56N6O11S2. The fourth-order valence-corrected chi connectivity index (χ4v) is 7.08. The van der Waals surface area contributed by atoms with Crippen LogP contribution < -0.4 is 16.4 Å². The molecule has 332 valence electrons. The van der Waals surface area contributed by atoms with Crippen molar-refractivity contribution in [1.82, 2.24) is 9.80 Å². The number of ether oxygens (including phenoxy) is 4. The van der Waals surface area contributed by atoms with Crippen LogP contribution in [-0.4, -0.2) is 102 Å². The van der Waals surface area contributed by atoms with Crippen LogP contribution in [0.1, 0.15) is 49.0 Å². The van der Waals surface area contributed by atoms with Crippen molar-refractivity contribution in [2.45, 2.75) is 60.2 Å². The molecule has 5 N–H and O–H groups in total. The molecule has 0 atom stereocenters. The minimum atomic E-state index is -0.780. The highest BCUT2D eigenvalue weighted by Gasteiger charge is 2.35. The van der Waals surface area contributed by atoms with E-state index in [-0.39, 0.29) is 49.9 Å². The lowest BCUT2D eigenvalue weighted by Crippen LogP contribution is -2.53. The molecule has 2 fully saturated rings. The number of nitrogens with two attached hydrogens (primary N) is 1. The first kappa shape index (κ1) is 49.4. The first-order valence-corrected chi connectivity index (χ1v) is 20.6. The fraction of sp³-hybridized carbons (Fsp3) is 0.429. The van der Waals surface area contributed by atoms with Gasteiger partial charge in [-0.1, -0.05) is 25.6 Å². The van der Waals surface area contributed by atoms with E-state index in [0.717, 1.165) is 28.0 Å². The molecule has 0 saturated carbocycles. The predicted octanol–water partition coefficient (Wildman–Crippen LogP) is 9.40. The third-order valence-electron chi connectivity index (χ3n) is 8.45. The summed E-state index contributed by atoms with van der Waals surface area (Å²) in [6.07, 6.45) is -2.08. The van der Waals surface area contributed by atoms with Gasteiger partial charge in [0.15, 0.2) is 0 Å². The van der Waals surface area contributed by atoms with Crippen molar-refractivity contribution in [3.8, 4) is 20.9 Å². The SMILES string of the molecule is C.CC(C)(C)OC(=O)N1CC(COC(=O)Nc2cc(-c3cccs3)ccc2N)C1.CC(C)(C)OC(=O)N1CC(COC(=O)Nc2cc(-c3cccs3)ccc2[N+](=O)[O-])C1.CO. The molecule has 2 aromatic carbocycles. The molecule has 0 aliphatic carbocycles. The lowest BCUT2D eigenvalue weighted by Gasteiger charge is -2.39. The number of hydrogen-bond acceptors (Lipinski definition) is 14. The minimum absolute atomic E-state index is 0. The number of nitrogen functional groups attached to an aromatic ring is 1. The van der Waals surface area contributed by atoms with Crippen LogP contribution in [0, 0.1) is 22.0 Å². The summed E-state index contributed by atoms with van der Waals surface area (Å²) in [7, 11) is 1.00. The highest BCUT2D eigenvalue weighted by Crippen LogP contribution is 2.33. The number of likely N-dealkylation sites (tertiary alicyclic amines) is 2. The zero-order valence-electron chi connectivity index (χ0n) is 34.6. The first-order chi connectivity index (χ1) is 28.3. The summed E-state index contributed by atoms with van der Waals surface area (Å²) in [5.41, 5.74) is 7.46. The maximum Gasteiger partial charge on any atom is 0.411 e. The number of aliphatic hydroxyl groups excluding tert-OH is 1. The number of carbonyl (C=O) groups is 4. The second-order valence-corrected chi connectivity index (χ2v) is 17.6. The number of rotatable bonds is 9. The van der Waals surface area contributed by atoms with Gasteiger partial charge in [0.2, 0.25) is 0 Å². The Balaban J connectivity index is 0.000000308. The van der Waals surface area contributed by atoms with Crippen molar-refractivity contribution < 1.29 is 48.2 Å². The summed E-state index contributed by atoms with van der Waals surface area (Å²) in [6, 6.07) is 17.8. The van der Waals surface area contributed by atoms with Gasteiger partial charge in [0.05, 0.1) is 29.5 Å². The number of nitro groups is 1. The van der Waals surface area contributed by atoms with Crippen molar-refractivity contribution in [2.75, 3.05) is 62.9 Å². The third kappa shape index (κ3) is 15.2. The van der Waals surface area contributed by atoms with Gasteiger partial charge < -0.3 is 39.6 Å². The summed E-state index contributed by atoms with van der Waals surface area (Å²) in [5, 5.41) is 27.3. The molecule has 0 spiro atoms. The van der Waals surface area contributed by atoms with Crippen LogP contribution in [0.25, 0.3) is 20.9 Å². The fourth-order valence-electron chi connectivity index (χ4n) is 5.63. The number of benzene rings is 2. The lowest BCUT2D eigenvalue weighted by atomic mass is 10.0. The van der Waals surface area contributed by atoms with Gasteiger partial charge >= 0.3 is 24.4 Å². The zero-order valence-corrected chi connectivity index (χ0v) is 36.2. The van der Waals surface area contributed by atoms with Gasteiger partial charge in [-0.05, 0) is 99.8 Å². The molecule has 2 saturated heterocycles. The van der Waals surface area contributed by atoms with Crippen LogP contribution in [0.5, 0.6) is 0 Å². The third-order valence-corrected chi connectivity index (χ3v) is 10.3. The number of nitrogens with zero attached hydrogens (tertiary/aromatic N) is 3. The number of amides is 4. The van der Waals surface area contributed by atoms with E-state index in [4.69, 9.17) is 29.8 Å². The van der Waals surface area contributed by atoms with Crippen LogP contribution in [0.3, 0.4) is 0 Å². The van der Waals surface area contributed by atoms with Crippen LogP contribution in [0.2, 0.25) is 0 Å². The Bertz CT molecular complexity index is 2070. The van der Waals surface area contributed by atoms with Crippen molar-refractivity contribution in [3.05, 3.63) is 81.5 Å². The van der Waals surface area contributed by atoms with Crippen LogP contribution in [-0.2, 0) is 18.9 Å². The topological polar surface area (TPSA) is 225 Å². The maximum absolute atomic E-state index is 12.2. The van der Waals surface area contributed by atoms with Crippen molar-refractivity contribution in [3.63, 3.8) is 0 Å². The first-order valence-electron chi connectivity index (χ1n) is 18.9. The summed E-state index contributed by atoms with van der Waals surface area (Å²) < 4.78 is 21.1. The van der Waals surface area contributed by atoms with Crippen LogP contribution >= 0.6 is 22.7 Å². The monoisotopic (exact) mass is 884 g/mol. The molecule has 61 heavy (non-hydrogen) atoms. The van der Waals surface area contributed by atoms with E-state index in [0.29, 0.717) is 37.6 Å². The molecule has 4 amide bonds. The number of aliphatic hydroxyl groups is 1. The van der Waals surface area contributed by atoms with Gasteiger partial charge in [-0.3, -0.25) is 20.7 Å². The van der Waals surface area contributed by atoms with E-state index in [2.05, 4.69) is 10.6 Å². The molecule has 4 aromatic rings. The van der Waals surface area contributed by atoms with Gasteiger partial charge in [0.25, 0.3) is 5.69 Å². The highest BCUT2D eigenvalue weighted by molar-refractivity contribution is 7.13. The van der Waals surface area contributed by atoms with Gasteiger partial charge in [0, 0.05) is 60.9 Å². The van der Waals surface area contributed by atoms with Crippen molar-refractivity contribution in [2.24, 2.45) is 11.8 Å². The van der Waals surface area contributed by atoms with E-state index < -0.39 is 34.4 Å². The number of nitro benzene ring substituents is 1. The summed E-state index contributed by atoms with van der Waals surface area (Å²) >= 11 is 3.10. The molecule has 2 aliphatic rings. The van der Waals surface area contributed by atoms with Gasteiger partial charge in [0.1, 0.15) is 16.9 Å². The summed E-state index contributed by atoms with van der Waals surface area (Å²) in [5.74, 6) is 0.101. The Morgan fingerprint density at radius 3 is 1.54 bits per heavy atom. The molecular weight excluding hydrogens is 829 g/mol. The van der Waals surface area contributed by atoms with Crippen molar-refractivity contribution >= 4 is 69.8 Å². The normalized spacial score (nSPS) is 13.6. The molecule has 4 heterocycles. The molecule has 19 heteroatoms. The highest BCUT2D eigenvalue weighted by atomic mass is 32.1. The molecule has 0 radical (unpaired) electrons. The Morgan fingerprint density at radius 1 is 0.738 bits per heavy atom. The van der Waals surface area contributed by atoms with E-state index in [9.17, 15) is 29.3 Å². The van der Waals surface area contributed by atoms with Gasteiger partial charge in [-0.2, -0.15) is 0 Å². The largest absolute Gasteiger partial charge is 0.449 e. The molecule has 0 bridgehead atoms. The second kappa shape index (κ2) is 22.1. The second-order valence-electron chi connectivity index (χ2n) is 15.7. The zero-order chi connectivity index (χ0) is 44.2. The maximum atomic E-state index is 12.2. The molecule has 6 rings (SSSR count).